The summed E-state index contributed by atoms with van der Waals surface area (Å²) in [6.45, 7) is 0.854. The lowest BCUT2D eigenvalue weighted by molar-refractivity contribution is 0.928. The zero-order valence-electron chi connectivity index (χ0n) is 8.98. The van der Waals surface area contributed by atoms with E-state index in [-0.39, 0.29) is 0 Å². The van der Waals surface area contributed by atoms with Gasteiger partial charge in [0.05, 0.1) is 10.7 Å². The van der Waals surface area contributed by atoms with Crippen molar-refractivity contribution in [3.8, 4) is 0 Å². The standard InChI is InChI=1S/C12H13ClN2S/c1-15(7-9-4-5-16-8-9)12-3-2-10(14)6-11(12)13/h2-6,8H,7,14H2,1H3. The van der Waals surface area contributed by atoms with E-state index >= 15 is 0 Å². The van der Waals surface area contributed by atoms with Crippen molar-refractivity contribution in [2.45, 2.75) is 6.54 Å². The zero-order chi connectivity index (χ0) is 11.5. The topological polar surface area (TPSA) is 29.3 Å². The van der Waals surface area contributed by atoms with Crippen LogP contribution in [0.1, 0.15) is 5.56 Å². The minimum Gasteiger partial charge on any atom is -0.399 e. The van der Waals surface area contributed by atoms with Crippen LogP contribution in [0.4, 0.5) is 11.4 Å². The van der Waals surface area contributed by atoms with Gasteiger partial charge in [-0.2, -0.15) is 11.3 Å². The summed E-state index contributed by atoms with van der Waals surface area (Å²) in [5.74, 6) is 0. The lowest BCUT2D eigenvalue weighted by atomic mass is 10.2. The van der Waals surface area contributed by atoms with Crippen molar-refractivity contribution in [3.63, 3.8) is 0 Å². The molecule has 0 aliphatic heterocycles. The van der Waals surface area contributed by atoms with Gasteiger partial charge in [-0.1, -0.05) is 11.6 Å². The molecule has 0 bridgehead atoms. The van der Waals surface area contributed by atoms with Crippen LogP contribution in [0.5, 0.6) is 0 Å². The highest BCUT2D eigenvalue weighted by atomic mass is 35.5. The Hall–Kier alpha value is -1.19. The molecule has 2 aromatic rings. The molecule has 1 aromatic heterocycles. The summed E-state index contributed by atoms with van der Waals surface area (Å²) in [5, 5.41) is 4.91. The second kappa shape index (κ2) is 4.76. The SMILES string of the molecule is CN(Cc1ccsc1)c1ccc(N)cc1Cl. The van der Waals surface area contributed by atoms with Crippen LogP contribution in [0, 0.1) is 0 Å². The summed E-state index contributed by atoms with van der Waals surface area (Å²) in [6, 6.07) is 7.71. The number of benzene rings is 1. The summed E-state index contributed by atoms with van der Waals surface area (Å²) < 4.78 is 0. The number of anilines is 2. The van der Waals surface area contributed by atoms with Gasteiger partial charge in [-0.3, -0.25) is 0 Å². The highest BCUT2D eigenvalue weighted by Gasteiger charge is 2.07. The third-order valence-electron chi connectivity index (χ3n) is 2.38. The van der Waals surface area contributed by atoms with E-state index < -0.39 is 0 Å². The molecular formula is C12H13ClN2S. The summed E-state index contributed by atoms with van der Waals surface area (Å²) >= 11 is 7.85. The molecule has 0 spiro atoms. The molecule has 0 saturated heterocycles. The molecule has 0 saturated carbocycles. The monoisotopic (exact) mass is 252 g/mol. The molecule has 0 aliphatic rings. The van der Waals surface area contributed by atoms with E-state index in [0.717, 1.165) is 12.2 Å². The molecule has 0 radical (unpaired) electrons. The average molecular weight is 253 g/mol. The number of nitrogens with two attached hydrogens (primary N) is 1. The molecule has 0 atom stereocenters. The van der Waals surface area contributed by atoms with Gasteiger partial charge >= 0.3 is 0 Å². The van der Waals surface area contributed by atoms with E-state index in [1.165, 1.54) is 5.56 Å². The predicted molar refractivity (Wildman–Crippen MR) is 72.3 cm³/mol. The number of rotatable bonds is 3. The summed E-state index contributed by atoms with van der Waals surface area (Å²) in [5.41, 5.74) is 8.65. The third kappa shape index (κ3) is 2.49. The minimum absolute atomic E-state index is 0.692. The van der Waals surface area contributed by atoms with E-state index in [0.29, 0.717) is 10.7 Å². The van der Waals surface area contributed by atoms with E-state index in [4.69, 9.17) is 17.3 Å². The molecule has 2 rings (SSSR count). The van der Waals surface area contributed by atoms with Crippen molar-refractivity contribution in [2.75, 3.05) is 17.7 Å². The molecule has 16 heavy (non-hydrogen) atoms. The predicted octanol–water partition coefficient (Wildman–Crippen LogP) is 3.62. The largest absolute Gasteiger partial charge is 0.399 e. The van der Waals surface area contributed by atoms with Crippen molar-refractivity contribution >= 4 is 34.3 Å². The van der Waals surface area contributed by atoms with Gasteiger partial charge in [-0.25, -0.2) is 0 Å². The second-order valence-electron chi connectivity index (χ2n) is 3.70. The van der Waals surface area contributed by atoms with Crippen molar-refractivity contribution in [3.05, 3.63) is 45.6 Å². The molecule has 84 valence electrons. The first-order valence-corrected chi connectivity index (χ1v) is 6.26. The Morgan fingerprint density at radius 3 is 2.81 bits per heavy atom. The van der Waals surface area contributed by atoms with E-state index in [1.807, 2.05) is 19.2 Å². The fourth-order valence-electron chi connectivity index (χ4n) is 1.57. The van der Waals surface area contributed by atoms with Gasteiger partial charge in [0.2, 0.25) is 0 Å². The number of hydrogen-bond acceptors (Lipinski definition) is 3. The lowest BCUT2D eigenvalue weighted by Crippen LogP contribution is -2.16. The Kier molecular flexibility index (Phi) is 3.36. The van der Waals surface area contributed by atoms with E-state index in [9.17, 15) is 0 Å². The van der Waals surface area contributed by atoms with Crippen LogP contribution in [0.3, 0.4) is 0 Å². The molecule has 0 unspecified atom stereocenters. The van der Waals surface area contributed by atoms with Gasteiger partial charge in [0, 0.05) is 19.3 Å². The van der Waals surface area contributed by atoms with Gasteiger partial charge in [0.1, 0.15) is 0 Å². The Morgan fingerprint density at radius 2 is 2.19 bits per heavy atom. The molecule has 1 aromatic carbocycles. The van der Waals surface area contributed by atoms with Crippen molar-refractivity contribution in [2.24, 2.45) is 0 Å². The van der Waals surface area contributed by atoms with Gasteiger partial charge in [0.15, 0.2) is 0 Å². The molecule has 0 amide bonds. The third-order valence-corrected chi connectivity index (χ3v) is 3.42. The van der Waals surface area contributed by atoms with Crippen LogP contribution in [0.2, 0.25) is 5.02 Å². The Morgan fingerprint density at radius 1 is 1.38 bits per heavy atom. The molecule has 2 N–H and O–H groups in total. The maximum Gasteiger partial charge on any atom is 0.0660 e. The summed E-state index contributed by atoms with van der Waals surface area (Å²) in [6.07, 6.45) is 0. The normalized spacial score (nSPS) is 10.4. The van der Waals surface area contributed by atoms with Crippen LogP contribution in [-0.4, -0.2) is 7.05 Å². The Labute approximate surface area is 104 Å². The first kappa shape index (κ1) is 11.3. The molecule has 2 nitrogen and oxygen atoms in total. The first-order valence-electron chi connectivity index (χ1n) is 4.94. The smallest absolute Gasteiger partial charge is 0.0660 e. The number of hydrogen-bond donors (Lipinski definition) is 1. The van der Waals surface area contributed by atoms with Gasteiger partial charge in [0.25, 0.3) is 0 Å². The molecular weight excluding hydrogens is 240 g/mol. The maximum absolute atomic E-state index is 6.15. The van der Waals surface area contributed by atoms with E-state index in [2.05, 4.69) is 21.7 Å². The molecule has 0 fully saturated rings. The molecule has 0 aliphatic carbocycles. The Balaban J connectivity index is 2.17. The summed E-state index contributed by atoms with van der Waals surface area (Å²) in [4.78, 5) is 2.11. The Bertz CT molecular complexity index is 468. The van der Waals surface area contributed by atoms with Gasteiger partial charge in [-0.15, -0.1) is 0 Å². The lowest BCUT2D eigenvalue weighted by Gasteiger charge is -2.20. The van der Waals surface area contributed by atoms with Crippen LogP contribution in [-0.2, 0) is 6.54 Å². The molecule has 4 heteroatoms. The number of halogens is 1. The second-order valence-corrected chi connectivity index (χ2v) is 4.89. The van der Waals surface area contributed by atoms with Crippen molar-refractivity contribution < 1.29 is 0 Å². The van der Waals surface area contributed by atoms with Crippen LogP contribution in [0.15, 0.2) is 35.0 Å². The van der Waals surface area contributed by atoms with Crippen molar-refractivity contribution in [1.82, 2.24) is 0 Å². The average Bonchev–Trinajstić information content (AvgIpc) is 2.70. The van der Waals surface area contributed by atoms with Crippen LogP contribution in [0.25, 0.3) is 0 Å². The highest BCUT2D eigenvalue weighted by molar-refractivity contribution is 7.07. The maximum atomic E-state index is 6.15. The van der Waals surface area contributed by atoms with Gasteiger partial charge in [-0.05, 0) is 40.6 Å². The first-order chi connectivity index (χ1) is 7.66. The van der Waals surface area contributed by atoms with E-state index in [1.54, 1.807) is 17.4 Å². The number of thiophene rings is 1. The fourth-order valence-corrected chi connectivity index (χ4v) is 2.57. The number of nitrogen functional groups attached to an aromatic ring is 1. The van der Waals surface area contributed by atoms with Crippen LogP contribution >= 0.6 is 22.9 Å². The fraction of sp³-hybridized carbons (Fsp3) is 0.167. The van der Waals surface area contributed by atoms with Gasteiger partial charge < -0.3 is 10.6 Å². The van der Waals surface area contributed by atoms with Crippen LogP contribution < -0.4 is 10.6 Å². The molecule has 1 heterocycles. The summed E-state index contributed by atoms with van der Waals surface area (Å²) in [7, 11) is 2.02. The highest BCUT2D eigenvalue weighted by Crippen LogP contribution is 2.28. The van der Waals surface area contributed by atoms with Crippen molar-refractivity contribution in [1.29, 1.82) is 0 Å². The number of nitrogens with zero attached hydrogens (tertiary/aromatic N) is 1. The minimum atomic E-state index is 0.692. The zero-order valence-corrected chi connectivity index (χ0v) is 10.6. The quantitative estimate of drug-likeness (QED) is 0.846.